The summed E-state index contributed by atoms with van der Waals surface area (Å²) in [5, 5.41) is 10.6. The molecule has 0 saturated heterocycles. The molecule has 0 amide bonds. The summed E-state index contributed by atoms with van der Waals surface area (Å²) >= 11 is 17.7. The summed E-state index contributed by atoms with van der Waals surface area (Å²) in [4.78, 5) is 15.4. The fourth-order valence-corrected chi connectivity index (χ4v) is 2.52. The SMILES string of the molecule is O=C(O)C(Cc1cnc(Cl)cc1Cl)c1cccc(Cl)c1. The molecule has 0 spiro atoms. The first-order valence-electron chi connectivity index (χ1n) is 5.75. The van der Waals surface area contributed by atoms with E-state index in [0.29, 0.717) is 21.2 Å². The van der Waals surface area contributed by atoms with Gasteiger partial charge in [0.1, 0.15) is 5.15 Å². The molecule has 2 aromatic rings. The molecule has 0 aliphatic heterocycles. The molecule has 1 atom stereocenters. The van der Waals surface area contributed by atoms with Crippen molar-refractivity contribution in [2.75, 3.05) is 0 Å². The maximum absolute atomic E-state index is 11.5. The van der Waals surface area contributed by atoms with Gasteiger partial charge in [-0.1, -0.05) is 46.9 Å². The Labute approximate surface area is 131 Å². The van der Waals surface area contributed by atoms with Gasteiger partial charge in [-0.15, -0.1) is 0 Å². The fourth-order valence-electron chi connectivity index (χ4n) is 1.88. The summed E-state index contributed by atoms with van der Waals surface area (Å²) in [5.41, 5.74) is 1.25. The van der Waals surface area contributed by atoms with Crippen molar-refractivity contribution in [3.63, 3.8) is 0 Å². The van der Waals surface area contributed by atoms with Gasteiger partial charge in [-0.25, -0.2) is 4.98 Å². The van der Waals surface area contributed by atoms with Crippen molar-refractivity contribution in [1.29, 1.82) is 0 Å². The normalized spacial score (nSPS) is 12.2. The lowest BCUT2D eigenvalue weighted by atomic mass is 9.93. The second-order valence-electron chi connectivity index (χ2n) is 4.25. The molecule has 3 nitrogen and oxygen atoms in total. The summed E-state index contributed by atoms with van der Waals surface area (Å²) in [7, 11) is 0. The van der Waals surface area contributed by atoms with Gasteiger partial charge in [0.2, 0.25) is 0 Å². The lowest BCUT2D eigenvalue weighted by Gasteiger charge is -2.14. The monoisotopic (exact) mass is 329 g/mol. The molecule has 0 aliphatic carbocycles. The van der Waals surface area contributed by atoms with Crippen LogP contribution >= 0.6 is 34.8 Å². The molecule has 0 fully saturated rings. The lowest BCUT2D eigenvalue weighted by Crippen LogP contribution is -2.14. The minimum Gasteiger partial charge on any atom is -0.481 e. The number of pyridine rings is 1. The molecule has 0 radical (unpaired) electrons. The Morgan fingerprint density at radius 2 is 2.00 bits per heavy atom. The van der Waals surface area contributed by atoms with E-state index in [1.807, 2.05) is 0 Å². The van der Waals surface area contributed by atoms with Crippen LogP contribution in [0.1, 0.15) is 17.0 Å². The number of aromatic nitrogens is 1. The minimum atomic E-state index is -0.946. The first-order valence-corrected chi connectivity index (χ1v) is 6.89. The van der Waals surface area contributed by atoms with Gasteiger partial charge >= 0.3 is 5.97 Å². The number of halogens is 3. The van der Waals surface area contributed by atoms with Gasteiger partial charge in [0.25, 0.3) is 0 Å². The number of hydrogen-bond acceptors (Lipinski definition) is 2. The fraction of sp³-hybridized carbons (Fsp3) is 0.143. The van der Waals surface area contributed by atoms with Crippen LogP contribution in [0.4, 0.5) is 0 Å². The van der Waals surface area contributed by atoms with Gasteiger partial charge in [0, 0.05) is 16.2 Å². The quantitative estimate of drug-likeness (QED) is 0.842. The van der Waals surface area contributed by atoms with Crippen LogP contribution < -0.4 is 0 Å². The Hall–Kier alpha value is -1.29. The molecule has 1 unspecified atom stereocenters. The first kappa shape index (κ1) is 15.1. The van der Waals surface area contributed by atoms with Gasteiger partial charge in [-0.3, -0.25) is 4.79 Å². The summed E-state index contributed by atoms with van der Waals surface area (Å²) in [6, 6.07) is 8.27. The van der Waals surface area contributed by atoms with E-state index in [-0.39, 0.29) is 11.6 Å². The van der Waals surface area contributed by atoms with Gasteiger partial charge in [0.15, 0.2) is 0 Å². The Morgan fingerprint density at radius 1 is 1.25 bits per heavy atom. The third-order valence-electron chi connectivity index (χ3n) is 2.87. The highest BCUT2D eigenvalue weighted by Crippen LogP contribution is 2.27. The highest BCUT2D eigenvalue weighted by atomic mass is 35.5. The molecule has 1 aromatic carbocycles. The predicted octanol–water partition coefficient (Wildman–Crippen LogP) is 4.45. The average molecular weight is 331 g/mol. The maximum atomic E-state index is 11.5. The molecular formula is C14H10Cl3NO2. The van der Waals surface area contributed by atoms with Gasteiger partial charge in [-0.2, -0.15) is 0 Å². The molecule has 0 bridgehead atoms. The minimum absolute atomic E-state index is 0.221. The van der Waals surface area contributed by atoms with E-state index < -0.39 is 11.9 Å². The smallest absolute Gasteiger partial charge is 0.311 e. The third kappa shape index (κ3) is 3.63. The van der Waals surface area contributed by atoms with Crippen molar-refractivity contribution in [2.45, 2.75) is 12.3 Å². The Balaban J connectivity index is 2.33. The predicted molar refractivity (Wildman–Crippen MR) is 79.8 cm³/mol. The summed E-state index contributed by atoms with van der Waals surface area (Å²) in [6.45, 7) is 0. The van der Waals surface area contributed by atoms with Crippen LogP contribution in [0.15, 0.2) is 36.5 Å². The zero-order chi connectivity index (χ0) is 14.7. The van der Waals surface area contributed by atoms with Crippen molar-refractivity contribution < 1.29 is 9.90 Å². The van der Waals surface area contributed by atoms with Crippen LogP contribution in [0.3, 0.4) is 0 Å². The number of benzene rings is 1. The van der Waals surface area contributed by atoms with Crippen LogP contribution in [-0.2, 0) is 11.2 Å². The van der Waals surface area contributed by atoms with Gasteiger partial charge < -0.3 is 5.11 Å². The van der Waals surface area contributed by atoms with Crippen molar-refractivity contribution in [3.05, 3.63) is 62.9 Å². The van der Waals surface area contributed by atoms with Crippen LogP contribution in [0.5, 0.6) is 0 Å². The standard InChI is InChI=1S/C14H10Cl3NO2/c15-10-3-1-2-8(4-10)11(14(19)20)5-9-7-18-13(17)6-12(9)16/h1-4,6-7,11H,5H2,(H,19,20). The van der Waals surface area contributed by atoms with E-state index in [2.05, 4.69) is 4.98 Å². The van der Waals surface area contributed by atoms with Crippen LogP contribution in [0, 0.1) is 0 Å². The average Bonchev–Trinajstić information content (AvgIpc) is 2.37. The number of nitrogens with zero attached hydrogens (tertiary/aromatic N) is 1. The van der Waals surface area contributed by atoms with Crippen molar-refractivity contribution in [2.24, 2.45) is 0 Å². The molecule has 20 heavy (non-hydrogen) atoms. The molecule has 0 aliphatic rings. The van der Waals surface area contributed by atoms with E-state index in [4.69, 9.17) is 34.8 Å². The van der Waals surface area contributed by atoms with Crippen molar-refractivity contribution in [3.8, 4) is 0 Å². The molecular weight excluding hydrogens is 321 g/mol. The molecule has 2 rings (SSSR count). The maximum Gasteiger partial charge on any atom is 0.311 e. The number of carbonyl (C=O) groups is 1. The van der Waals surface area contributed by atoms with Gasteiger partial charge in [0.05, 0.1) is 5.92 Å². The van der Waals surface area contributed by atoms with Crippen LogP contribution in [-0.4, -0.2) is 16.1 Å². The number of carboxylic acid groups (broad SMARTS) is 1. The molecule has 1 aromatic heterocycles. The van der Waals surface area contributed by atoms with E-state index >= 15 is 0 Å². The van der Waals surface area contributed by atoms with E-state index in [1.165, 1.54) is 12.3 Å². The van der Waals surface area contributed by atoms with Gasteiger partial charge in [-0.05, 0) is 35.7 Å². The largest absolute Gasteiger partial charge is 0.481 e. The van der Waals surface area contributed by atoms with Crippen LogP contribution in [0.25, 0.3) is 0 Å². The third-order valence-corrected chi connectivity index (χ3v) is 3.66. The second-order valence-corrected chi connectivity index (χ2v) is 5.48. The number of aliphatic carboxylic acids is 1. The molecule has 6 heteroatoms. The first-order chi connectivity index (χ1) is 9.47. The van der Waals surface area contributed by atoms with Crippen LogP contribution in [0.2, 0.25) is 15.2 Å². The number of rotatable bonds is 4. The number of carboxylic acids is 1. The van der Waals surface area contributed by atoms with Crippen molar-refractivity contribution >= 4 is 40.8 Å². The summed E-state index contributed by atoms with van der Waals surface area (Å²) in [5.74, 6) is -1.69. The topological polar surface area (TPSA) is 50.2 Å². The van der Waals surface area contributed by atoms with Crippen molar-refractivity contribution in [1.82, 2.24) is 4.98 Å². The van der Waals surface area contributed by atoms with E-state index in [1.54, 1.807) is 24.3 Å². The molecule has 0 saturated carbocycles. The molecule has 1 N–H and O–H groups in total. The van der Waals surface area contributed by atoms with E-state index in [0.717, 1.165) is 0 Å². The lowest BCUT2D eigenvalue weighted by molar-refractivity contribution is -0.138. The summed E-state index contributed by atoms with van der Waals surface area (Å²) in [6.07, 6.45) is 1.71. The highest BCUT2D eigenvalue weighted by Gasteiger charge is 2.22. The highest BCUT2D eigenvalue weighted by molar-refractivity contribution is 6.34. The molecule has 104 valence electrons. The molecule has 1 heterocycles. The number of hydrogen-bond donors (Lipinski definition) is 1. The Kier molecular flexibility index (Phi) is 4.86. The summed E-state index contributed by atoms with van der Waals surface area (Å²) < 4.78 is 0. The Bertz CT molecular complexity index is 646. The zero-order valence-electron chi connectivity index (χ0n) is 10.2. The zero-order valence-corrected chi connectivity index (χ0v) is 12.5. The van der Waals surface area contributed by atoms with E-state index in [9.17, 15) is 9.90 Å². The Morgan fingerprint density at radius 3 is 2.60 bits per heavy atom. The second kappa shape index (κ2) is 6.44.